The smallest absolute Gasteiger partial charge is 0.307 e. The number of halogens is 1. The highest BCUT2D eigenvalue weighted by atomic mass is 19.1. The molecule has 1 atom stereocenters. The van der Waals surface area contributed by atoms with Crippen LogP contribution < -0.4 is 5.32 Å². The molecule has 0 spiro atoms. The minimum absolute atomic E-state index is 0.0689. The third kappa shape index (κ3) is 4.45. The number of nitrogens with one attached hydrogen (secondary N) is 1. The summed E-state index contributed by atoms with van der Waals surface area (Å²) in [5.74, 6) is -0.443. The van der Waals surface area contributed by atoms with Gasteiger partial charge in [0.15, 0.2) is 0 Å². The van der Waals surface area contributed by atoms with Crippen LogP contribution in [-0.2, 0) is 9.53 Å². The fourth-order valence-electron chi connectivity index (χ4n) is 1.81. The van der Waals surface area contributed by atoms with Crippen LogP contribution in [0, 0.1) is 5.82 Å². The quantitative estimate of drug-likeness (QED) is 0.759. The molecule has 0 amide bonds. The van der Waals surface area contributed by atoms with Gasteiger partial charge in [0.1, 0.15) is 5.82 Å². The topological polar surface area (TPSA) is 38.3 Å². The van der Waals surface area contributed by atoms with Crippen LogP contribution in [0.25, 0.3) is 0 Å². The Kier molecular flexibility index (Phi) is 6.36. The van der Waals surface area contributed by atoms with Crippen LogP contribution in [0.5, 0.6) is 0 Å². The molecule has 0 radical (unpaired) electrons. The van der Waals surface area contributed by atoms with Gasteiger partial charge >= 0.3 is 5.97 Å². The minimum Gasteiger partial charge on any atom is -0.466 e. The maximum atomic E-state index is 13.6. The number of carbonyl (C=O) groups excluding carboxylic acids is 1. The van der Waals surface area contributed by atoms with Gasteiger partial charge in [0.2, 0.25) is 0 Å². The molecule has 1 N–H and O–H groups in total. The second kappa shape index (κ2) is 7.82. The molecule has 0 aliphatic carbocycles. The van der Waals surface area contributed by atoms with Gasteiger partial charge in [-0.1, -0.05) is 25.1 Å². The standard InChI is InChI=1S/C14H20FNO2/c1-3-13(11-7-5-6-8-12(11)15)16-10-9-14(17)18-4-2/h5-8,13,16H,3-4,9-10H2,1-2H3. The Morgan fingerprint density at radius 3 is 2.72 bits per heavy atom. The van der Waals surface area contributed by atoms with E-state index < -0.39 is 0 Å². The van der Waals surface area contributed by atoms with Crippen molar-refractivity contribution in [1.82, 2.24) is 5.32 Å². The molecule has 0 aromatic heterocycles. The van der Waals surface area contributed by atoms with Crippen molar-refractivity contribution in [1.29, 1.82) is 0 Å². The van der Waals surface area contributed by atoms with E-state index in [0.717, 1.165) is 6.42 Å². The SMILES string of the molecule is CCOC(=O)CCNC(CC)c1ccccc1F. The van der Waals surface area contributed by atoms with Crippen molar-refractivity contribution < 1.29 is 13.9 Å². The van der Waals surface area contributed by atoms with Gasteiger partial charge in [0.25, 0.3) is 0 Å². The van der Waals surface area contributed by atoms with E-state index in [0.29, 0.717) is 25.1 Å². The van der Waals surface area contributed by atoms with Crippen LogP contribution >= 0.6 is 0 Å². The van der Waals surface area contributed by atoms with E-state index in [2.05, 4.69) is 5.32 Å². The molecule has 4 heteroatoms. The molecular weight excluding hydrogens is 233 g/mol. The average molecular weight is 253 g/mol. The summed E-state index contributed by atoms with van der Waals surface area (Å²) in [5, 5.41) is 3.18. The predicted octanol–water partition coefficient (Wildman–Crippen LogP) is 2.82. The van der Waals surface area contributed by atoms with Gasteiger partial charge in [-0.15, -0.1) is 0 Å². The highest BCUT2D eigenvalue weighted by Gasteiger charge is 2.13. The minimum atomic E-state index is -0.228. The number of carbonyl (C=O) groups is 1. The lowest BCUT2D eigenvalue weighted by atomic mass is 10.0. The zero-order valence-corrected chi connectivity index (χ0v) is 10.9. The molecule has 0 saturated carbocycles. The molecular formula is C14H20FNO2. The number of esters is 1. The van der Waals surface area contributed by atoms with Gasteiger partial charge < -0.3 is 10.1 Å². The van der Waals surface area contributed by atoms with Gasteiger partial charge in [0, 0.05) is 18.2 Å². The molecule has 18 heavy (non-hydrogen) atoms. The van der Waals surface area contributed by atoms with Crippen LogP contribution in [0.2, 0.25) is 0 Å². The van der Waals surface area contributed by atoms with E-state index in [4.69, 9.17) is 4.74 Å². The second-order valence-corrected chi connectivity index (χ2v) is 3.99. The van der Waals surface area contributed by atoms with E-state index in [-0.39, 0.29) is 17.8 Å². The molecule has 3 nitrogen and oxygen atoms in total. The summed E-state index contributed by atoms with van der Waals surface area (Å²) in [6.07, 6.45) is 1.07. The Bertz CT molecular complexity index is 382. The zero-order chi connectivity index (χ0) is 13.4. The van der Waals surface area contributed by atoms with Crippen molar-refractivity contribution in [3.63, 3.8) is 0 Å². The van der Waals surface area contributed by atoms with E-state index in [1.165, 1.54) is 6.07 Å². The van der Waals surface area contributed by atoms with Crippen LogP contribution in [-0.4, -0.2) is 19.1 Å². The van der Waals surface area contributed by atoms with E-state index in [9.17, 15) is 9.18 Å². The molecule has 0 aliphatic heterocycles. The molecule has 1 unspecified atom stereocenters. The lowest BCUT2D eigenvalue weighted by molar-refractivity contribution is -0.143. The first-order valence-corrected chi connectivity index (χ1v) is 6.32. The first-order valence-electron chi connectivity index (χ1n) is 6.32. The molecule has 0 saturated heterocycles. The first kappa shape index (κ1) is 14.6. The molecule has 100 valence electrons. The molecule has 0 heterocycles. The van der Waals surface area contributed by atoms with Crippen LogP contribution in [0.1, 0.15) is 38.3 Å². The number of hydrogen-bond donors (Lipinski definition) is 1. The molecule has 0 fully saturated rings. The Morgan fingerprint density at radius 1 is 1.39 bits per heavy atom. The third-order valence-corrected chi connectivity index (χ3v) is 2.71. The summed E-state index contributed by atoms with van der Waals surface area (Å²) in [6.45, 7) is 4.64. The molecule has 0 bridgehead atoms. The predicted molar refractivity (Wildman–Crippen MR) is 68.7 cm³/mol. The number of benzene rings is 1. The van der Waals surface area contributed by atoms with Crippen molar-refractivity contribution in [3.8, 4) is 0 Å². The van der Waals surface area contributed by atoms with Crippen molar-refractivity contribution in [2.45, 2.75) is 32.7 Å². The third-order valence-electron chi connectivity index (χ3n) is 2.71. The number of hydrogen-bond acceptors (Lipinski definition) is 3. The second-order valence-electron chi connectivity index (χ2n) is 3.99. The van der Waals surface area contributed by atoms with Crippen molar-refractivity contribution >= 4 is 5.97 Å². The van der Waals surface area contributed by atoms with Crippen molar-refractivity contribution in [2.75, 3.05) is 13.2 Å². The Labute approximate surface area is 107 Å². The molecule has 1 rings (SSSR count). The van der Waals surface area contributed by atoms with Gasteiger partial charge in [-0.2, -0.15) is 0 Å². The summed E-state index contributed by atoms with van der Waals surface area (Å²) in [7, 11) is 0. The van der Waals surface area contributed by atoms with Gasteiger partial charge in [0.05, 0.1) is 13.0 Å². The maximum absolute atomic E-state index is 13.6. The van der Waals surface area contributed by atoms with Crippen LogP contribution in [0.4, 0.5) is 4.39 Å². The van der Waals surface area contributed by atoms with E-state index in [1.54, 1.807) is 19.1 Å². The monoisotopic (exact) mass is 253 g/mol. The van der Waals surface area contributed by atoms with E-state index >= 15 is 0 Å². The van der Waals surface area contributed by atoms with Crippen molar-refractivity contribution in [3.05, 3.63) is 35.6 Å². The van der Waals surface area contributed by atoms with Gasteiger partial charge in [-0.3, -0.25) is 4.79 Å². The Hall–Kier alpha value is -1.42. The average Bonchev–Trinajstić information content (AvgIpc) is 2.36. The fourth-order valence-corrected chi connectivity index (χ4v) is 1.81. The number of ether oxygens (including phenoxy) is 1. The summed E-state index contributed by atoms with van der Waals surface area (Å²) >= 11 is 0. The van der Waals surface area contributed by atoms with E-state index in [1.807, 2.05) is 13.0 Å². The lowest BCUT2D eigenvalue weighted by Crippen LogP contribution is -2.25. The lowest BCUT2D eigenvalue weighted by Gasteiger charge is -2.17. The summed E-state index contributed by atoms with van der Waals surface area (Å²) in [5.41, 5.74) is 0.642. The first-order chi connectivity index (χ1) is 8.69. The summed E-state index contributed by atoms with van der Waals surface area (Å²) < 4.78 is 18.4. The molecule has 0 aliphatic rings. The summed E-state index contributed by atoms with van der Waals surface area (Å²) in [4.78, 5) is 11.2. The zero-order valence-electron chi connectivity index (χ0n) is 10.9. The van der Waals surface area contributed by atoms with Crippen LogP contribution in [0.15, 0.2) is 24.3 Å². The molecule has 1 aromatic rings. The van der Waals surface area contributed by atoms with Gasteiger partial charge in [-0.05, 0) is 19.4 Å². The highest BCUT2D eigenvalue weighted by molar-refractivity contribution is 5.69. The Morgan fingerprint density at radius 2 is 2.11 bits per heavy atom. The molecule has 1 aromatic carbocycles. The largest absolute Gasteiger partial charge is 0.466 e. The van der Waals surface area contributed by atoms with Crippen LogP contribution in [0.3, 0.4) is 0 Å². The summed E-state index contributed by atoms with van der Waals surface area (Å²) in [6, 6.07) is 6.63. The van der Waals surface area contributed by atoms with Gasteiger partial charge in [-0.25, -0.2) is 4.39 Å². The highest BCUT2D eigenvalue weighted by Crippen LogP contribution is 2.19. The number of rotatable bonds is 7. The maximum Gasteiger partial charge on any atom is 0.307 e. The fraction of sp³-hybridized carbons (Fsp3) is 0.500. The van der Waals surface area contributed by atoms with Crippen molar-refractivity contribution in [2.24, 2.45) is 0 Å². The normalized spacial score (nSPS) is 12.2. The Balaban J connectivity index is 2.48.